The first kappa shape index (κ1) is 14.4. The predicted octanol–water partition coefficient (Wildman–Crippen LogP) is 3.11. The van der Waals surface area contributed by atoms with Gasteiger partial charge in [0.1, 0.15) is 6.10 Å². The van der Waals surface area contributed by atoms with Crippen molar-refractivity contribution in [2.24, 2.45) is 0 Å². The Labute approximate surface area is 107 Å². The van der Waals surface area contributed by atoms with E-state index in [1.165, 1.54) is 19.3 Å². The van der Waals surface area contributed by atoms with Crippen molar-refractivity contribution < 1.29 is 14.2 Å². The molecule has 0 bridgehead atoms. The fourth-order valence-corrected chi connectivity index (χ4v) is 2.11. The summed E-state index contributed by atoms with van der Waals surface area (Å²) in [6.45, 7) is 6.02. The van der Waals surface area contributed by atoms with Gasteiger partial charge in [-0.2, -0.15) is 0 Å². The molecule has 1 heterocycles. The standard InChI is InChI=1S/C12H23BrO3/c1-12(2)15-10-11(16-12)9-14-8-6-4-3-5-7-13/h11H,3-10H2,1-2H3/t11-/m1/s1. The van der Waals surface area contributed by atoms with Crippen LogP contribution < -0.4 is 0 Å². The lowest BCUT2D eigenvalue weighted by molar-refractivity contribution is -0.145. The molecule has 1 rings (SSSR count). The average molecular weight is 295 g/mol. The van der Waals surface area contributed by atoms with Crippen LogP contribution in [0, 0.1) is 0 Å². The molecule has 0 aromatic rings. The molecule has 0 aliphatic carbocycles. The van der Waals surface area contributed by atoms with E-state index in [1.807, 2.05) is 13.8 Å². The first-order valence-corrected chi connectivity index (χ1v) is 7.22. The summed E-state index contributed by atoms with van der Waals surface area (Å²) in [7, 11) is 0. The van der Waals surface area contributed by atoms with Gasteiger partial charge in [-0.1, -0.05) is 28.8 Å². The summed E-state index contributed by atoms with van der Waals surface area (Å²) < 4.78 is 16.7. The Morgan fingerprint density at radius 2 is 2.00 bits per heavy atom. The maximum Gasteiger partial charge on any atom is 0.163 e. The molecule has 0 amide bonds. The van der Waals surface area contributed by atoms with Gasteiger partial charge in [0, 0.05) is 11.9 Å². The molecule has 1 atom stereocenters. The Bertz CT molecular complexity index is 185. The SMILES string of the molecule is CC1(C)OC[C@@H](COCCCCCCBr)O1. The van der Waals surface area contributed by atoms with Crippen molar-refractivity contribution in [1.29, 1.82) is 0 Å². The molecule has 96 valence electrons. The molecule has 1 saturated heterocycles. The van der Waals surface area contributed by atoms with E-state index in [0.717, 1.165) is 18.4 Å². The zero-order chi connectivity index (χ0) is 11.9. The highest BCUT2D eigenvalue weighted by molar-refractivity contribution is 9.09. The Morgan fingerprint density at radius 3 is 2.62 bits per heavy atom. The Kier molecular flexibility index (Phi) is 6.89. The van der Waals surface area contributed by atoms with E-state index in [4.69, 9.17) is 14.2 Å². The van der Waals surface area contributed by atoms with Gasteiger partial charge in [0.05, 0.1) is 13.2 Å². The summed E-state index contributed by atoms with van der Waals surface area (Å²) in [4.78, 5) is 0. The fourth-order valence-electron chi connectivity index (χ4n) is 1.71. The van der Waals surface area contributed by atoms with Crippen LogP contribution in [-0.4, -0.2) is 37.0 Å². The highest BCUT2D eigenvalue weighted by Gasteiger charge is 2.32. The Balaban J connectivity index is 1.88. The van der Waals surface area contributed by atoms with Crippen LogP contribution in [0.5, 0.6) is 0 Å². The summed E-state index contributed by atoms with van der Waals surface area (Å²) >= 11 is 3.43. The van der Waals surface area contributed by atoms with Gasteiger partial charge in [-0.05, 0) is 26.7 Å². The van der Waals surface area contributed by atoms with Gasteiger partial charge in [0.15, 0.2) is 5.79 Å². The molecule has 0 spiro atoms. The molecule has 4 heteroatoms. The van der Waals surface area contributed by atoms with E-state index in [0.29, 0.717) is 13.2 Å². The van der Waals surface area contributed by atoms with Gasteiger partial charge in [-0.15, -0.1) is 0 Å². The second-order valence-corrected chi connectivity index (χ2v) is 5.42. The highest BCUT2D eigenvalue weighted by atomic mass is 79.9. The number of rotatable bonds is 8. The van der Waals surface area contributed by atoms with Crippen molar-refractivity contribution in [2.75, 3.05) is 25.2 Å². The lowest BCUT2D eigenvalue weighted by Crippen LogP contribution is -2.24. The van der Waals surface area contributed by atoms with Crippen LogP contribution in [0.4, 0.5) is 0 Å². The zero-order valence-electron chi connectivity index (χ0n) is 10.3. The maximum atomic E-state index is 5.64. The van der Waals surface area contributed by atoms with Crippen LogP contribution >= 0.6 is 15.9 Å². The van der Waals surface area contributed by atoms with Crippen LogP contribution in [0.2, 0.25) is 0 Å². The number of unbranched alkanes of at least 4 members (excludes halogenated alkanes) is 3. The van der Waals surface area contributed by atoms with E-state index in [9.17, 15) is 0 Å². The minimum absolute atomic E-state index is 0.109. The van der Waals surface area contributed by atoms with Crippen LogP contribution in [0.3, 0.4) is 0 Å². The number of hydrogen-bond acceptors (Lipinski definition) is 3. The lowest BCUT2D eigenvalue weighted by atomic mass is 10.2. The summed E-state index contributed by atoms with van der Waals surface area (Å²) in [5.41, 5.74) is 0. The topological polar surface area (TPSA) is 27.7 Å². The molecule has 0 N–H and O–H groups in total. The molecular weight excluding hydrogens is 272 g/mol. The third-order valence-electron chi connectivity index (χ3n) is 2.54. The van der Waals surface area contributed by atoms with Crippen LogP contribution in [0.25, 0.3) is 0 Å². The van der Waals surface area contributed by atoms with E-state index in [2.05, 4.69) is 15.9 Å². The Morgan fingerprint density at radius 1 is 1.25 bits per heavy atom. The molecule has 0 aromatic carbocycles. The van der Waals surface area contributed by atoms with Gasteiger partial charge in [0.2, 0.25) is 0 Å². The lowest BCUT2D eigenvalue weighted by Gasteiger charge is -2.17. The van der Waals surface area contributed by atoms with Gasteiger partial charge < -0.3 is 14.2 Å². The van der Waals surface area contributed by atoms with Crippen LogP contribution in [0.15, 0.2) is 0 Å². The van der Waals surface area contributed by atoms with Crippen molar-refractivity contribution in [3.8, 4) is 0 Å². The first-order valence-electron chi connectivity index (χ1n) is 6.09. The average Bonchev–Trinajstić information content (AvgIpc) is 2.57. The first-order chi connectivity index (χ1) is 7.64. The smallest absolute Gasteiger partial charge is 0.163 e. The van der Waals surface area contributed by atoms with E-state index in [-0.39, 0.29) is 6.10 Å². The molecule has 0 aromatic heterocycles. The van der Waals surface area contributed by atoms with E-state index >= 15 is 0 Å². The van der Waals surface area contributed by atoms with Gasteiger partial charge >= 0.3 is 0 Å². The van der Waals surface area contributed by atoms with Crippen LogP contribution in [0.1, 0.15) is 39.5 Å². The second kappa shape index (κ2) is 7.64. The van der Waals surface area contributed by atoms with Crippen molar-refractivity contribution in [2.45, 2.75) is 51.4 Å². The summed E-state index contributed by atoms with van der Waals surface area (Å²) in [5, 5.41) is 1.11. The molecule has 1 fully saturated rings. The third kappa shape index (κ3) is 6.18. The number of halogens is 1. The van der Waals surface area contributed by atoms with Crippen molar-refractivity contribution in [3.63, 3.8) is 0 Å². The summed E-state index contributed by atoms with van der Waals surface area (Å²) in [6, 6.07) is 0. The molecule has 0 saturated carbocycles. The van der Waals surface area contributed by atoms with E-state index < -0.39 is 5.79 Å². The predicted molar refractivity (Wildman–Crippen MR) is 68.0 cm³/mol. The van der Waals surface area contributed by atoms with E-state index in [1.54, 1.807) is 0 Å². The van der Waals surface area contributed by atoms with Crippen LogP contribution in [-0.2, 0) is 14.2 Å². The monoisotopic (exact) mass is 294 g/mol. The minimum Gasteiger partial charge on any atom is -0.379 e. The molecule has 0 radical (unpaired) electrons. The minimum atomic E-state index is -0.427. The van der Waals surface area contributed by atoms with Gasteiger partial charge in [-0.3, -0.25) is 0 Å². The molecule has 1 aliphatic heterocycles. The molecule has 16 heavy (non-hydrogen) atoms. The summed E-state index contributed by atoms with van der Waals surface area (Å²) in [6.07, 6.45) is 5.04. The quantitative estimate of drug-likeness (QED) is 0.509. The van der Waals surface area contributed by atoms with Crippen molar-refractivity contribution >= 4 is 15.9 Å². The number of alkyl halides is 1. The van der Waals surface area contributed by atoms with Crippen molar-refractivity contribution in [3.05, 3.63) is 0 Å². The largest absolute Gasteiger partial charge is 0.379 e. The second-order valence-electron chi connectivity index (χ2n) is 4.63. The fraction of sp³-hybridized carbons (Fsp3) is 1.00. The molecular formula is C12H23BrO3. The third-order valence-corrected chi connectivity index (χ3v) is 3.10. The van der Waals surface area contributed by atoms with Gasteiger partial charge in [-0.25, -0.2) is 0 Å². The summed E-state index contributed by atoms with van der Waals surface area (Å²) in [5.74, 6) is -0.427. The normalized spacial score (nSPS) is 23.8. The molecule has 1 aliphatic rings. The van der Waals surface area contributed by atoms with Crippen molar-refractivity contribution in [1.82, 2.24) is 0 Å². The van der Waals surface area contributed by atoms with Gasteiger partial charge in [0.25, 0.3) is 0 Å². The zero-order valence-corrected chi connectivity index (χ0v) is 11.9. The number of ether oxygens (including phenoxy) is 3. The number of hydrogen-bond donors (Lipinski definition) is 0. The molecule has 3 nitrogen and oxygen atoms in total. The maximum absolute atomic E-state index is 5.64. The highest BCUT2D eigenvalue weighted by Crippen LogP contribution is 2.22. The Hall–Kier alpha value is 0.360. The molecule has 0 unspecified atom stereocenters.